The van der Waals surface area contributed by atoms with E-state index >= 15 is 0 Å². The largest absolute Gasteiger partial charge is 0.488 e. The Labute approximate surface area is 182 Å². The summed E-state index contributed by atoms with van der Waals surface area (Å²) >= 11 is 6.08. The first kappa shape index (κ1) is 22.1. The van der Waals surface area contributed by atoms with Gasteiger partial charge >= 0.3 is 5.97 Å². The number of carboxylic acid groups (broad SMARTS) is 1. The van der Waals surface area contributed by atoms with Crippen LogP contribution in [-0.4, -0.2) is 49.6 Å². The number of hydrogen-bond donors (Lipinski definition) is 3. The van der Waals surface area contributed by atoms with Gasteiger partial charge in [-0.3, -0.25) is 9.48 Å². The fourth-order valence-electron chi connectivity index (χ4n) is 2.50. The molecule has 10 nitrogen and oxygen atoms in total. The molecule has 2 heterocycles. The van der Waals surface area contributed by atoms with Crippen LogP contribution in [-0.2, 0) is 7.05 Å². The van der Waals surface area contributed by atoms with Crippen molar-refractivity contribution in [3.63, 3.8) is 0 Å². The van der Waals surface area contributed by atoms with Crippen molar-refractivity contribution in [1.29, 1.82) is 0 Å². The summed E-state index contributed by atoms with van der Waals surface area (Å²) < 4.78 is 12.8. The molecule has 11 heteroatoms. The first-order valence-electron chi connectivity index (χ1n) is 9.05. The van der Waals surface area contributed by atoms with Crippen molar-refractivity contribution < 1.29 is 29.3 Å². The van der Waals surface area contributed by atoms with Gasteiger partial charge in [0.15, 0.2) is 5.82 Å². The average Bonchev–Trinajstić information content (AvgIpc) is 3.13. The van der Waals surface area contributed by atoms with Gasteiger partial charge < -0.3 is 25.0 Å². The molecule has 31 heavy (non-hydrogen) atoms. The summed E-state index contributed by atoms with van der Waals surface area (Å²) in [7, 11) is 1.72. The highest BCUT2D eigenvalue weighted by Crippen LogP contribution is 2.31. The van der Waals surface area contributed by atoms with Gasteiger partial charge in [0.05, 0.1) is 12.2 Å². The van der Waals surface area contributed by atoms with Gasteiger partial charge in [0.1, 0.15) is 22.6 Å². The second kappa shape index (κ2) is 9.45. The Morgan fingerprint density at radius 1 is 1.23 bits per heavy atom. The van der Waals surface area contributed by atoms with Gasteiger partial charge in [-0.15, -0.1) is 0 Å². The lowest BCUT2D eigenvalue weighted by Crippen LogP contribution is -2.17. The first-order valence-corrected chi connectivity index (χ1v) is 9.43. The van der Waals surface area contributed by atoms with Crippen molar-refractivity contribution in [3.8, 4) is 17.4 Å². The van der Waals surface area contributed by atoms with Crippen molar-refractivity contribution in [1.82, 2.24) is 14.8 Å². The molecular weight excluding hydrogens is 428 g/mol. The minimum Gasteiger partial charge on any atom is -0.488 e. The van der Waals surface area contributed by atoms with E-state index < -0.39 is 18.0 Å². The number of ether oxygens (including phenoxy) is 2. The van der Waals surface area contributed by atoms with Crippen LogP contribution in [0.15, 0.2) is 42.7 Å². The highest BCUT2D eigenvalue weighted by atomic mass is 35.5. The SMILES string of the molecule is C[C@@H](CO)Oc1cc(Oc2ncc(C(=O)O)cc2Cl)cc(C(=O)Nc2ccn(C)n2)c1. The maximum absolute atomic E-state index is 12.7. The predicted molar refractivity (Wildman–Crippen MR) is 111 cm³/mol. The molecule has 0 aliphatic rings. The van der Waals surface area contributed by atoms with Crippen molar-refractivity contribution in [2.24, 2.45) is 7.05 Å². The molecule has 3 aromatic rings. The molecule has 1 atom stereocenters. The zero-order valence-electron chi connectivity index (χ0n) is 16.6. The number of aromatic nitrogens is 3. The van der Waals surface area contributed by atoms with Gasteiger partial charge in [-0.2, -0.15) is 5.10 Å². The number of anilines is 1. The van der Waals surface area contributed by atoms with Crippen LogP contribution < -0.4 is 14.8 Å². The molecule has 1 amide bonds. The minimum atomic E-state index is -1.18. The van der Waals surface area contributed by atoms with Crippen molar-refractivity contribution >= 4 is 29.3 Å². The van der Waals surface area contributed by atoms with Crippen LogP contribution in [0.1, 0.15) is 27.6 Å². The number of carbonyl (C=O) groups excluding carboxylic acids is 1. The Hall–Kier alpha value is -3.63. The number of carbonyl (C=O) groups is 2. The highest BCUT2D eigenvalue weighted by Gasteiger charge is 2.16. The van der Waals surface area contributed by atoms with Gasteiger partial charge in [-0.25, -0.2) is 9.78 Å². The Balaban J connectivity index is 1.91. The number of aromatic carboxylic acids is 1. The van der Waals surface area contributed by atoms with E-state index in [4.69, 9.17) is 26.2 Å². The van der Waals surface area contributed by atoms with E-state index in [0.717, 1.165) is 6.20 Å². The van der Waals surface area contributed by atoms with Crippen LogP contribution in [0.3, 0.4) is 0 Å². The lowest BCUT2D eigenvalue weighted by atomic mass is 10.2. The van der Waals surface area contributed by atoms with E-state index in [1.165, 1.54) is 24.3 Å². The van der Waals surface area contributed by atoms with Crippen LogP contribution in [0, 0.1) is 0 Å². The number of aliphatic hydroxyl groups is 1. The van der Waals surface area contributed by atoms with Gasteiger partial charge in [0.25, 0.3) is 5.91 Å². The lowest BCUT2D eigenvalue weighted by molar-refractivity contribution is 0.0696. The monoisotopic (exact) mass is 446 g/mol. The number of rotatable bonds is 8. The molecule has 3 N–H and O–H groups in total. The van der Waals surface area contributed by atoms with Crippen molar-refractivity contribution in [3.05, 3.63) is 58.9 Å². The number of hydrogen-bond acceptors (Lipinski definition) is 7. The topological polar surface area (TPSA) is 136 Å². The number of aryl methyl sites for hydroxylation is 1. The molecule has 0 spiro atoms. The van der Waals surface area contributed by atoms with Crippen LogP contribution in [0.4, 0.5) is 5.82 Å². The number of halogens is 1. The fourth-order valence-corrected chi connectivity index (χ4v) is 2.70. The van der Waals surface area contributed by atoms with Gasteiger partial charge in [-0.1, -0.05) is 11.6 Å². The molecule has 0 fully saturated rings. The number of benzene rings is 1. The van der Waals surface area contributed by atoms with Crippen LogP contribution >= 0.6 is 11.6 Å². The third kappa shape index (κ3) is 5.71. The van der Waals surface area contributed by atoms with E-state index in [0.29, 0.717) is 5.82 Å². The Morgan fingerprint density at radius 3 is 2.58 bits per heavy atom. The molecule has 0 aliphatic carbocycles. The molecular formula is C20H19ClN4O6. The van der Waals surface area contributed by atoms with Crippen LogP contribution in [0.5, 0.6) is 17.4 Å². The van der Waals surface area contributed by atoms with Gasteiger partial charge in [-0.05, 0) is 25.1 Å². The minimum absolute atomic E-state index is 0.0190. The lowest BCUT2D eigenvalue weighted by Gasteiger charge is -2.15. The summed E-state index contributed by atoms with van der Waals surface area (Å²) in [6.45, 7) is 1.43. The molecule has 0 bridgehead atoms. The third-order valence-corrected chi connectivity index (χ3v) is 4.23. The Kier molecular flexibility index (Phi) is 6.73. The maximum Gasteiger partial charge on any atom is 0.337 e. The molecule has 0 unspecified atom stereocenters. The van der Waals surface area contributed by atoms with Crippen molar-refractivity contribution in [2.75, 3.05) is 11.9 Å². The number of carboxylic acids is 1. The number of pyridine rings is 1. The van der Waals surface area contributed by atoms with Crippen molar-refractivity contribution in [2.45, 2.75) is 13.0 Å². The molecule has 2 aromatic heterocycles. The summed E-state index contributed by atoms with van der Waals surface area (Å²) in [4.78, 5) is 27.7. The Bertz CT molecular complexity index is 1120. The standard InChI is InChI=1S/C20H19ClN4O6/c1-11(10-26)30-14-5-12(18(27)23-17-3-4-25(2)24-17)6-15(8-14)31-19-16(21)7-13(9-22-19)20(28)29/h3-9,11,26H,10H2,1-2H3,(H,28,29)(H,23,24,27)/t11-/m0/s1. The quantitative estimate of drug-likeness (QED) is 0.480. The highest BCUT2D eigenvalue weighted by molar-refractivity contribution is 6.32. The summed E-state index contributed by atoms with van der Waals surface area (Å²) in [5.74, 6) is -0.891. The van der Waals surface area contributed by atoms with E-state index in [1.807, 2.05) is 0 Å². The molecule has 0 saturated carbocycles. The number of aliphatic hydroxyl groups excluding tert-OH is 1. The molecule has 0 radical (unpaired) electrons. The normalized spacial score (nSPS) is 11.6. The summed E-state index contributed by atoms with van der Waals surface area (Å²) in [6.07, 6.45) is 2.26. The molecule has 3 rings (SSSR count). The maximum atomic E-state index is 12.7. The summed E-state index contributed by atoms with van der Waals surface area (Å²) in [5.41, 5.74) is 0.100. The number of nitrogens with zero attached hydrogens (tertiary/aromatic N) is 3. The first-order chi connectivity index (χ1) is 14.7. The number of amides is 1. The fraction of sp³-hybridized carbons (Fsp3) is 0.200. The van der Waals surface area contributed by atoms with Crippen LogP contribution in [0.2, 0.25) is 5.02 Å². The van der Waals surface area contributed by atoms with Gasteiger partial charge in [0, 0.05) is 37.1 Å². The molecule has 162 valence electrons. The molecule has 0 aliphatic heterocycles. The second-order valence-corrected chi connectivity index (χ2v) is 6.96. The predicted octanol–water partition coefficient (Wildman–Crippen LogP) is 2.97. The average molecular weight is 447 g/mol. The molecule has 1 aromatic carbocycles. The van der Waals surface area contributed by atoms with E-state index in [1.54, 1.807) is 30.9 Å². The molecule has 0 saturated heterocycles. The number of nitrogens with one attached hydrogen (secondary N) is 1. The van der Waals surface area contributed by atoms with E-state index in [9.17, 15) is 14.7 Å². The second-order valence-electron chi connectivity index (χ2n) is 6.55. The smallest absolute Gasteiger partial charge is 0.337 e. The summed E-state index contributed by atoms with van der Waals surface area (Å²) in [6, 6.07) is 7.26. The zero-order chi connectivity index (χ0) is 22.5. The zero-order valence-corrected chi connectivity index (χ0v) is 17.3. The van der Waals surface area contributed by atoms with Gasteiger partial charge in [0.2, 0.25) is 5.88 Å². The van der Waals surface area contributed by atoms with E-state index in [2.05, 4.69) is 15.4 Å². The van der Waals surface area contributed by atoms with Crippen LogP contribution in [0.25, 0.3) is 0 Å². The third-order valence-electron chi connectivity index (χ3n) is 3.96. The van der Waals surface area contributed by atoms with E-state index in [-0.39, 0.29) is 40.1 Å². The summed E-state index contributed by atoms with van der Waals surface area (Å²) in [5, 5.41) is 25.0. The Morgan fingerprint density at radius 2 is 1.97 bits per heavy atom.